The fraction of sp³-hybridized carbons (Fsp3) is 0.250. The number of hydrogen-bond acceptors (Lipinski definition) is 3. The molecule has 2 rings (SSSR count). The Hall–Kier alpha value is -2.20. The molecule has 0 saturated heterocycles. The quantitative estimate of drug-likeness (QED) is 0.876. The summed E-state index contributed by atoms with van der Waals surface area (Å²) in [4.78, 5) is 15.6. The Morgan fingerprint density at radius 3 is 2.50 bits per heavy atom. The van der Waals surface area contributed by atoms with E-state index in [1.54, 1.807) is 25.3 Å². The van der Waals surface area contributed by atoms with Crippen molar-refractivity contribution in [3.8, 4) is 0 Å². The minimum atomic E-state index is -1.30. The van der Waals surface area contributed by atoms with Gasteiger partial charge in [-0.05, 0) is 30.5 Å². The number of aliphatic carboxylic acids is 1. The first-order valence-electron chi connectivity index (χ1n) is 6.39. The standard InChI is InChI=1S/C16H17NO3/c1-16(15(19)20,10-12-6-3-2-4-7-12)14(18)13-8-5-9-17-11-13/h2-9,11,14,18H,10H2,1H3,(H,19,20). The van der Waals surface area contributed by atoms with E-state index in [0.29, 0.717) is 5.56 Å². The number of carboxylic acids is 1. The minimum Gasteiger partial charge on any atom is -0.481 e. The molecule has 4 heteroatoms. The molecule has 0 amide bonds. The van der Waals surface area contributed by atoms with Crippen LogP contribution >= 0.6 is 0 Å². The molecule has 20 heavy (non-hydrogen) atoms. The Bertz CT molecular complexity index is 571. The summed E-state index contributed by atoms with van der Waals surface area (Å²) in [5, 5.41) is 20.0. The van der Waals surface area contributed by atoms with Crippen LogP contribution in [0.3, 0.4) is 0 Å². The van der Waals surface area contributed by atoms with Crippen LogP contribution in [-0.2, 0) is 11.2 Å². The number of benzene rings is 1. The molecule has 0 saturated carbocycles. The Morgan fingerprint density at radius 1 is 1.25 bits per heavy atom. The van der Waals surface area contributed by atoms with Gasteiger partial charge in [0.2, 0.25) is 0 Å². The number of aliphatic hydroxyl groups excluding tert-OH is 1. The van der Waals surface area contributed by atoms with E-state index in [0.717, 1.165) is 5.56 Å². The number of aromatic nitrogens is 1. The van der Waals surface area contributed by atoms with Gasteiger partial charge in [0.1, 0.15) is 0 Å². The molecule has 0 fully saturated rings. The van der Waals surface area contributed by atoms with E-state index < -0.39 is 17.5 Å². The second-order valence-electron chi connectivity index (χ2n) is 5.07. The highest BCUT2D eigenvalue weighted by Gasteiger charge is 2.41. The first kappa shape index (κ1) is 14.2. The van der Waals surface area contributed by atoms with Crippen molar-refractivity contribution in [2.45, 2.75) is 19.4 Å². The molecule has 0 aliphatic carbocycles. The van der Waals surface area contributed by atoms with E-state index in [1.165, 1.54) is 6.20 Å². The highest BCUT2D eigenvalue weighted by atomic mass is 16.4. The molecule has 4 nitrogen and oxygen atoms in total. The molecule has 1 heterocycles. The van der Waals surface area contributed by atoms with Crippen LogP contribution in [0, 0.1) is 5.41 Å². The highest BCUT2D eigenvalue weighted by Crippen LogP contribution is 2.37. The first-order valence-corrected chi connectivity index (χ1v) is 6.39. The number of aliphatic hydroxyl groups is 1. The number of pyridine rings is 1. The monoisotopic (exact) mass is 271 g/mol. The maximum atomic E-state index is 11.7. The fourth-order valence-electron chi connectivity index (χ4n) is 2.21. The summed E-state index contributed by atoms with van der Waals surface area (Å²) < 4.78 is 0. The van der Waals surface area contributed by atoms with Gasteiger partial charge < -0.3 is 10.2 Å². The van der Waals surface area contributed by atoms with Crippen LogP contribution in [0.15, 0.2) is 54.9 Å². The Balaban J connectivity index is 2.32. The topological polar surface area (TPSA) is 70.4 Å². The summed E-state index contributed by atoms with van der Waals surface area (Å²) in [5.74, 6) is -1.03. The zero-order valence-corrected chi connectivity index (χ0v) is 11.2. The van der Waals surface area contributed by atoms with Gasteiger partial charge in [-0.3, -0.25) is 9.78 Å². The number of carbonyl (C=O) groups is 1. The van der Waals surface area contributed by atoms with Crippen molar-refractivity contribution in [1.82, 2.24) is 4.98 Å². The minimum absolute atomic E-state index is 0.249. The summed E-state index contributed by atoms with van der Waals surface area (Å²) in [6.07, 6.45) is 2.22. The molecule has 1 aromatic heterocycles. The van der Waals surface area contributed by atoms with E-state index in [1.807, 2.05) is 30.3 Å². The van der Waals surface area contributed by atoms with Crippen LogP contribution in [0.2, 0.25) is 0 Å². The van der Waals surface area contributed by atoms with Crippen molar-refractivity contribution in [2.75, 3.05) is 0 Å². The van der Waals surface area contributed by atoms with Crippen LogP contribution in [0.5, 0.6) is 0 Å². The highest BCUT2D eigenvalue weighted by molar-refractivity contribution is 5.75. The number of carboxylic acid groups (broad SMARTS) is 1. The molecule has 0 aliphatic heterocycles. The van der Waals surface area contributed by atoms with Crippen molar-refractivity contribution in [2.24, 2.45) is 5.41 Å². The number of rotatable bonds is 5. The van der Waals surface area contributed by atoms with Crippen molar-refractivity contribution in [3.63, 3.8) is 0 Å². The predicted octanol–water partition coefficient (Wildman–Crippen LogP) is 2.45. The Kier molecular flexibility index (Phi) is 4.15. The van der Waals surface area contributed by atoms with Gasteiger partial charge in [-0.25, -0.2) is 0 Å². The average Bonchev–Trinajstić information content (AvgIpc) is 2.48. The zero-order valence-electron chi connectivity index (χ0n) is 11.2. The molecule has 0 spiro atoms. The van der Waals surface area contributed by atoms with Gasteiger partial charge in [0.25, 0.3) is 0 Å². The van der Waals surface area contributed by atoms with Gasteiger partial charge in [-0.2, -0.15) is 0 Å². The van der Waals surface area contributed by atoms with E-state index in [-0.39, 0.29) is 6.42 Å². The zero-order chi connectivity index (χ0) is 14.6. The van der Waals surface area contributed by atoms with Crippen molar-refractivity contribution in [1.29, 1.82) is 0 Å². The third-order valence-corrected chi connectivity index (χ3v) is 3.51. The molecular formula is C16H17NO3. The summed E-state index contributed by atoms with van der Waals surface area (Å²) in [7, 11) is 0. The third-order valence-electron chi connectivity index (χ3n) is 3.51. The van der Waals surface area contributed by atoms with Gasteiger partial charge in [0.15, 0.2) is 0 Å². The van der Waals surface area contributed by atoms with Crippen LogP contribution in [0.4, 0.5) is 0 Å². The molecule has 0 radical (unpaired) electrons. The lowest BCUT2D eigenvalue weighted by molar-refractivity contribution is -0.155. The second-order valence-corrected chi connectivity index (χ2v) is 5.07. The molecule has 2 unspecified atom stereocenters. The summed E-state index contributed by atoms with van der Waals surface area (Å²) in [6, 6.07) is 12.7. The maximum absolute atomic E-state index is 11.7. The predicted molar refractivity (Wildman–Crippen MR) is 75.1 cm³/mol. The normalized spacial score (nSPS) is 15.3. The lowest BCUT2D eigenvalue weighted by Crippen LogP contribution is -2.36. The number of nitrogens with zero attached hydrogens (tertiary/aromatic N) is 1. The van der Waals surface area contributed by atoms with Gasteiger partial charge in [0.05, 0.1) is 11.5 Å². The lowest BCUT2D eigenvalue weighted by atomic mass is 9.76. The van der Waals surface area contributed by atoms with E-state index in [9.17, 15) is 15.0 Å². The van der Waals surface area contributed by atoms with Crippen molar-refractivity contribution < 1.29 is 15.0 Å². The van der Waals surface area contributed by atoms with Gasteiger partial charge in [0, 0.05) is 12.4 Å². The van der Waals surface area contributed by atoms with Gasteiger partial charge in [-0.15, -0.1) is 0 Å². The van der Waals surface area contributed by atoms with E-state index in [4.69, 9.17) is 0 Å². The van der Waals surface area contributed by atoms with E-state index >= 15 is 0 Å². The van der Waals surface area contributed by atoms with E-state index in [2.05, 4.69) is 4.98 Å². The Morgan fingerprint density at radius 2 is 1.95 bits per heavy atom. The summed E-state index contributed by atoms with van der Waals surface area (Å²) in [5.41, 5.74) is 0.0818. The smallest absolute Gasteiger partial charge is 0.312 e. The molecule has 0 bridgehead atoms. The molecule has 1 aromatic carbocycles. The SMILES string of the molecule is CC(Cc1ccccc1)(C(=O)O)C(O)c1cccnc1. The molecule has 2 atom stereocenters. The molecule has 104 valence electrons. The van der Waals surface area contributed by atoms with Crippen LogP contribution in [-0.4, -0.2) is 21.2 Å². The second kappa shape index (κ2) is 5.84. The number of hydrogen-bond donors (Lipinski definition) is 2. The van der Waals surface area contributed by atoms with Gasteiger partial charge in [-0.1, -0.05) is 36.4 Å². The lowest BCUT2D eigenvalue weighted by Gasteiger charge is -2.30. The maximum Gasteiger partial charge on any atom is 0.312 e. The molecule has 2 N–H and O–H groups in total. The molecule has 2 aromatic rings. The van der Waals surface area contributed by atoms with Crippen LogP contribution < -0.4 is 0 Å². The van der Waals surface area contributed by atoms with Crippen LogP contribution in [0.25, 0.3) is 0 Å². The first-order chi connectivity index (χ1) is 9.54. The molecular weight excluding hydrogens is 254 g/mol. The van der Waals surface area contributed by atoms with Gasteiger partial charge >= 0.3 is 5.97 Å². The fourth-order valence-corrected chi connectivity index (χ4v) is 2.21. The van der Waals surface area contributed by atoms with Crippen molar-refractivity contribution in [3.05, 3.63) is 66.0 Å². The molecule has 0 aliphatic rings. The van der Waals surface area contributed by atoms with Crippen LogP contribution in [0.1, 0.15) is 24.2 Å². The average molecular weight is 271 g/mol. The summed E-state index contributed by atoms with van der Waals surface area (Å²) in [6.45, 7) is 1.56. The largest absolute Gasteiger partial charge is 0.481 e. The third kappa shape index (κ3) is 2.86. The Labute approximate surface area is 117 Å². The van der Waals surface area contributed by atoms with Crippen molar-refractivity contribution >= 4 is 5.97 Å². The summed E-state index contributed by atoms with van der Waals surface area (Å²) >= 11 is 0.